The molecule has 4 nitrogen and oxygen atoms in total. The van der Waals surface area contributed by atoms with Gasteiger partial charge in [-0.05, 0) is 60.6 Å². The van der Waals surface area contributed by atoms with Crippen LogP contribution in [0, 0.1) is 11.3 Å². The lowest BCUT2D eigenvalue weighted by molar-refractivity contribution is 0.126. The van der Waals surface area contributed by atoms with E-state index in [4.69, 9.17) is 0 Å². The van der Waals surface area contributed by atoms with Crippen LogP contribution in [0.15, 0.2) is 30.3 Å². The van der Waals surface area contributed by atoms with E-state index >= 15 is 0 Å². The summed E-state index contributed by atoms with van der Waals surface area (Å²) in [6, 6.07) is 10.1. The van der Waals surface area contributed by atoms with Crippen molar-refractivity contribution >= 4 is 35.6 Å². The van der Waals surface area contributed by atoms with Gasteiger partial charge in [0.1, 0.15) is 11.5 Å². The molecule has 0 amide bonds. The minimum atomic E-state index is 0. The maximum Gasteiger partial charge on any atom is 0.123 e. The molecule has 4 unspecified atom stereocenters. The molecule has 2 aliphatic carbocycles. The number of aromatic hydroxyl groups is 2. The van der Waals surface area contributed by atoms with E-state index in [9.17, 15) is 10.2 Å². The number of hydrogen-bond donors (Lipinski definition) is 4. The number of rotatable bonds is 6. The van der Waals surface area contributed by atoms with Crippen molar-refractivity contribution in [3.05, 3.63) is 35.9 Å². The van der Waals surface area contributed by atoms with E-state index in [2.05, 4.69) is 24.5 Å². The number of phenolic OH excluding ortho intramolecular Hbond substituents is 2. The van der Waals surface area contributed by atoms with Gasteiger partial charge < -0.3 is 20.8 Å². The Morgan fingerprint density at radius 3 is 2.41 bits per heavy atom. The second kappa shape index (κ2) is 11.8. The Balaban J connectivity index is 0.00000181. The zero-order chi connectivity index (χ0) is 21.1. The number of benzene rings is 2. The largest absolute Gasteiger partial charge is 0.508 e. The summed E-state index contributed by atoms with van der Waals surface area (Å²) < 4.78 is 0. The molecule has 0 aromatic heterocycles. The van der Waals surface area contributed by atoms with Gasteiger partial charge in [-0.3, -0.25) is 0 Å². The van der Waals surface area contributed by atoms with E-state index in [1.54, 1.807) is 18.2 Å². The van der Waals surface area contributed by atoms with Crippen molar-refractivity contribution in [2.24, 2.45) is 11.3 Å². The van der Waals surface area contributed by atoms with Crippen LogP contribution in [0.1, 0.15) is 70.8 Å². The lowest BCUT2D eigenvalue weighted by Crippen LogP contribution is -2.53. The third-order valence-corrected chi connectivity index (χ3v) is 7.86. The molecular formula is C26H40Cl2N2O2. The van der Waals surface area contributed by atoms with Crippen molar-refractivity contribution in [3.8, 4) is 11.5 Å². The number of fused-ring (bicyclic) bond motifs is 1. The summed E-state index contributed by atoms with van der Waals surface area (Å²) in [7, 11) is 0. The topological polar surface area (TPSA) is 64.5 Å². The minimum absolute atomic E-state index is 0. The van der Waals surface area contributed by atoms with Crippen molar-refractivity contribution in [2.45, 2.75) is 83.8 Å². The normalized spacial score (nSPS) is 28.0. The highest BCUT2D eigenvalue weighted by molar-refractivity contribution is 5.92. The van der Waals surface area contributed by atoms with E-state index in [0.717, 1.165) is 28.8 Å². The van der Waals surface area contributed by atoms with Crippen LogP contribution in [0.25, 0.3) is 10.8 Å². The predicted octanol–water partition coefficient (Wildman–Crippen LogP) is 6.30. The summed E-state index contributed by atoms with van der Waals surface area (Å²) in [6.07, 6.45) is 10.4. The van der Waals surface area contributed by atoms with Crippen LogP contribution in [0.5, 0.6) is 11.5 Å². The van der Waals surface area contributed by atoms with Crippen LogP contribution in [-0.2, 0) is 6.54 Å². The molecule has 0 aliphatic heterocycles. The highest BCUT2D eigenvalue weighted by Crippen LogP contribution is 2.38. The van der Waals surface area contributed by atoms with Crippen LogP contribution >= 0.6 is 24.8 Å². The van der Waals surface area contributed by atoms with Crippen LogP contribution in [0.2, 0.25) is 0 Å². The molecule has 32 heavy (non-hydrogen) atoms. The first kappa shape index (κ1) is 27.0. The van der Waals surface area contributed by atoms with E-state index in [1.807, 2.05) is 12.1 Å². The van der Waals surface area contributed by atoms with Crippen molar-refractivity contribution in [3.63, 3.8) is 0 Å². The molecule has 0 heterocycles. The number of phenols is 2. The first-order valence-electron chi connectivity index (χ1n) is 11.9. The van der Waals surface area contributed by atoms with Gasteiger partial charge in [-0.25, -0.2) is 0 Å². The quantitative estimate of drug-likeness (QED) is 0.389. The molecule has 0 saturated heterocycles. The average molecular weight is 484 g/mol. The van der Waals surface area contributed by atoms with E-state index in [1.165, 1.54) is 51.4 Å². The molecule has 2 saturated carbocycles. The van der Waals surface area contributed by atoms with Crippen molar-refractivity contribution in [1.29, 1.82) is 0 Å². The molecule has 180 valence electrons. The summed E-state index contributed by atoms with van der Waals surface area (Å²) >= 11 is 0. The Morgan fingerprint density at radius 1 is 0.875 bits per heavy atom. The predicted molar refractivity (Wildman–Crippen MR) is 138 cm³/mol. The summed E-state index contributed by atoms with van der Waals surface area (Å²) in [6.45, 7) is 6.50. The molecule has 0 radical (unpaired) electrons. The first-order chi connectivity index (χ1) is 14.5. The maximum atomic E-state index is 10.5. The van der Waals surface area contributed by atoms with Gasteiger partial charge in [-0.1, -0.05) is 51.7 Å². The molecule has 0 bridgehead atoms. The zero-order valence-corrected chi connectivity index (χ0v) is 21.0. The smallest absolute Gasteiger partial charge is 0.123 e. The van der Waals surface area contributed by atoms with Gasteiger partial charge in [0, 0.05) is 36.1 Å². The molecule has 2 aliphatic rings. The Hall–Kier alpha value is -1.20. The van der Waals surface area contributed by atoms with E-state index in [-0.39, 0.29) is 36.0 Å². The molecule has 0 spiro atoms. The molecule has 2 aromatic carbocycles. The SMILES string of the molecule is CC1CCCCC1NCC1(C)CCCCC1NCc1c(O)ccc2c(O)cccc12.Cl.Cl. The molecule has 2 fully saturated rings. The van der Waals surface area contributed by atoms with Crippen LogP contribution < -0.4 is 10.6 Å². The van der Waals surface area contributed by atoms with Gasteiger partial charge in [-0.2, -0.15) is 0 Å². The maximum absolute atomic E-state index is 10.5. The van der Waals surface area contributed by atoms with Crippen molar-refractivity contribution in [2.75, 3.05) is 6.54 Å². The Kier molecular flexibility index (Phi) is 9.96. The fraction of sp³-hybridized carbons (Fsp3) is 0.615. The third-order valence-electron chi connectivity index (χ3n) is 7.86. The highest BCUT2D eigenvalue weighted by Gasteiger charge is 2.37. The highest BCUT2D eigenvalue weighted by atomic mass is 35.5. The van der Waals surface area contributed by atoms with Crippen LogP contribution in [-0.4, -0.2) is 28.8 Å². The Morgan fingerprint density at radius 2 is 1.62 bits per heavy atom. The standard InChI is InChI=1S/C26H38N2O2.2ClH/c1-18-8-3-4-10-22(18)28-17-26(2)15-6-5-12-25(26)27-16-21-19-9-7-11-23(29)20(19)13-14-24(21)30;;/h7,9,11,13-14,18,22,25,27-30H,3-6,8,10,12,15-17H2,1-2H3;2*1H. The van der Waals surface area contributed by atoms with Crippen LogP contribution in [0.3, 0.4) is 0 Å². The lowest BCUT2D eigenvalue weighted by atomic mass is 9.71. The summed E-state index contributed by atoms with van der Waals surface area (Å²) in [4.78, 5) is 0. The minimum Gasteiger partial charge on any atom is -0.508 e. The van der Waals surface area contributed by atoms with E-state index in [0.29, 0.717) is 24.4 Å². The zero-order valence-electron chi connectivity index (χ0n) is 19.4. The molecule has 2 aromatic rings. The molecular weight excluding hydrogens is 443 g/mol. The molecule has 4 rings (SSSR count). The number of nitrogens with one attached hydrogen (secondary N) is 2. The van der Waals surface area contributed by atoms with Gasteiger partial charge in [0.15, 0.2) is 0 Å². The second-order valence-electron chi connectivity index (χ2n) is 10.0. The fourth-order valence-corrected chi connectivity index (χ4v) is 5.75. The molecule has 4 N–H and O–H groups in total. The molecule has 6 heteroatoms. The third kappa shape index (κ3) is 5.83. The lowest BCUT2D eigenvalue weighted by Gasteiger charge is -2.44. The Labute approximate surface area is 205 Å². The van der Waals surface area contributed by atoms with E-state index < -0.39 is 0 Å². The summed E-state index contributed by atoms with van der Waals surface area (Å²) in [5, 5.41) is 30.2. The average Bonchev–Trinajstić information content (AvgIpc) is 2.74. The van der Waals surface area contributed by atoms with Gasteiger partial charge in [0.25, 0.3) is 0 Å². The Bertz CT molecular complexity index is 878. The second-order valence-corrected chi connectivity index (χ2v) is 10.0. The van der Waals surface area contributed by atoms with Gasteiger partial charge >= 0.3 is 0 Å². The van der Waals surface area contributed by atoms with Crippen LogP contribution in [0.4, 0.5) is 0 Å². The van der Waals surface area contributed by atoms with Crippen molar-refractivity contribution < 1.29 is 10.2 Å². The van der Waals surface area contributed by atoms with Gasteiger partial charge in [-0.15, -0.1) is 24.8 Å². The van der Waals surface area contributed by atoms with Gasteiger partial charge in [0.2, 0.25) is 0 Å². The van der Waals surface area contributed by atoms with Crippen molar-refractivity contribution in [1.82, 2.24) is 10.6 Å². The molecule has 4 atom stereocenters. The fourth-order valence-electron chi connectivity index (χ4n) is 5.75. The first-order valence-corrected chi connectivity index (χ1v) is 11.9. The monoisotopic (exact) mass is 482 g/mol. The summed E-state index contributed by atoms with van der Waals surface area (Å²) in [5.41, 5.74) is 1.10. The summed E-state index contributed by atoms with van der Waals surface area (Å²) in [5.74, 6) is 1.34. The van der Waals surface area contributed by atoms with Gasteiger partial charge in [0.05, 0.1) is 0 Å². The number of halogens is 2. The number of hydrogen-bond acceptors (Lipinski definition) is 4.